The Morgan fingerprint density at radius 1 is 1.26 bits per heavy atom. The summed E-state index contributed by atoms with van der Waals surface area (Å²) in [5.74, 6) is -0.146. The molecule has 0 fully saturated rings. The lowest BCUT2D eigenvalue weighted by molar-refractivity contribution is 0.0697. The van der Waals surface area contributed by atoms with Crippen LogP contribution in [0.5, 0.6) is 0 Å². The molecule has 0 bridgehead atoms. The summed E-state index contributed by atoms with van der Waals surface area (Å²) < 4.78 is 6.99. The van der Waals surface area contributed by atoms with Gasteiger partial charge in [0.1, 0.15) is 22.7 Å². The fourth-order valence-electron chi connectivity index (χ4n) is 3.76. The summed E-state index contributed by atoms with van der Waals surface area (Å²) in [7, 11) is 0. The zero-order chi connectivity index (χ0) is 21.5. The number of hydrogen-bond donors (Lipinski definition) is 1. The van der Waals surface area contributed by atoms with Crippen LogP contribution in [-0.2, 0) is 12.8 Å². The van der Waals surface area contributed by atoms with Gasteiger partial charge >= 0.3 is 5.97 Å². The van der Waals surface area contributed by atoms with Gasteiger partial charge in [0.2, 0.25) is 0 Å². The molecule has 1 aliphatic carbocycles. The minimum Gasteiger partial charge on any atom is -0.478 e. The molecule has 5 rings (SSSR count). The van der Waals surface area contributed by atoms with Gasteiger partial charge in [-0.1, -0.05) is 17.7 Å². The molecule has 0 atom stereocenters. The molecular formula is C22H16ClN3O4S. The van der Waals surface area contributed by atoms with Crippen molar-refractivity contribution in [3.63, 3.8) is 0 Å². The topological polar surface area (TPSA) is 97.7 Å². The number of benzene rings is 1. The van der Waals surface area contributed by atoms with E-state index in [0.717, 1.165) is 36.1 Å². The van der Waals surface area contributed by atoms with Gasteiger partial charge in [0, 0.05) is 10.4 Å². The molecular weight excluding hydrogens is 438 g/mol. The second-order valence-electron chi connectivity index (χ2n) is 7.23. The first-order valence-electron chi connectivity index (χ1n) is 9.70. The molecule has 0 aliphatic heterocycles. The lowest BCUT2D eigenvalue weighted by Crippen LogP contribution is -2.17. The Labute approximate surface area is 185 Å². The summed E-state index contributed by atoms with van der Waals surface area (Å²) in [5, 5.41) is 14.1. The number of carboxylic acid groups (broad SMARTS) is 1. The van der Waals surface area contributed by atoms with E-state index in [2.05, 4.69) is 10.1 Å². The Hall–Kier alpha value is -3.23. The van der Waals surface area contributed by atoms with Gasteiger partial charge in [-0.15, -0.1) is 11.3 Å². The average molecular weight is 454 g/mol. The maximum Gasteiger partial charge on any atom is 0.337 e. The number of aromatic nitrogens is 2. The lowest BCUT2D eigenvalue weighted by atomic mass is 9.97. The zero-order valence-electron chi connectivity index (χ0n) is 16.2. The standard InChI is InChI=1S/C22H16ClN3O4S/c23-16-9-12(5-7-14(16)22(28)29)17-8-6-13(30-17)10-25-26-11-24-20-19(21(26)27)15-3-1-2-4-18(15)31-20/h5-11H,1-4H2,(H,28,29)/b25-10-. The van der Waals surface area contributed by atoms with Crippen molar-refractivity contribution >= 4 is 45.3 Å². The number of aryl methyl sites for hydroxylation is 2. The summed E-state index contributed by atoms with van der Waals surface area (Å²) in [4.78, 5) is 30.5. The molecule has 0 amide bonds. The first-order chi connectivity index (χ1) is 15.0. The second kappa shape index (κ2) is 7.79. The Kier molecular flexibility index (Phi) is 4.95. The molecule has 1 N–H and O–H groups in total. The maximum absolute atomic E-state index is 13.0. The number of carboxylic acids is 1. The van der Waals surface area contributed by atoms with E-state index < -0.39 is 5.97 Å². The highest BCUT2D eigenvalue weighted by atomic mass is 35.5. The van der Waals surface area contributed by atoms with Crippen LogP contribution in [0.3, 0.4) is 0 Å². The highest BCUT2D eigenvalue weighted by molar-refractivity contribution is 7.18. The van der Waals surface area contributed by atoms with E-state index in [0.29, 0.717) is 22.5 Å². The number of halogens is 1. The molecule has 1 aliphatic rings. The van der Waals surface area contributed by atoms with E-state index in [-0.39, 0.29) is 16.1 Å². The van der Waals surface area contributed by atoms with Gasteiger partial charge in [-0.05, 0) is 55.5 Å². The van der Waals surface area contributed by atoms with Crippen molar-refractivity contribution in [1.29, 1.82) is 0 Å². The van der Waals surface area contributed by atoms with Crippen molar-refractivity contribution in [3.8, 4) is 11.3 Å². The van der Waals surface area contributed by atoms with Gasteiger partial charge in [-0.25, -0.2) is 9.78 Å². The van der Waals surface area contributed by atoms with Crippen LogP contribution < -0.4 is 5.56 Å². The molecule has 31 heavy (non-hydrogen) atoms. The molecule has 0 saturated carbocycles. The van der Waals surface area contributed by atoms with Crippen molar-refractivity contribution in [2.45, 2.75) is 25.7 Å². The number of carbonyl (C=O) groups is 1. The van der Waals surface area contributed by atoms with Crippen LogP contribution in [0, 0.1) is 0 Å². The highest BCUT2D eigenvalue weighted by Crippen LogP contribution is 2.33. The summed E-state index contributed by atoms with van der Waals surface area (Å²) in [6.45, 7) is 0. The molecule has 156 valence electrons. The van der Waals surface area contributed by atoms with E-state index in [1.807, 2.05) is 0 Å². The number of thiophene rings is 1. The molecule has 3 heterocycles. The van der Waals surface area contributed by atoms with Crippen LogP contribution in [0.25, 0.3) is 21.5 Å². The fourth-order valence-corrected chi connectivity index (χ4v) is 5.24. The minimum atomic E-state index is -1.09. The molecule has 7 nitrogen and oxygen atoms in total. The maximum atomic E-state index is 13.0. The molecule has 0 saturated heterocycles. The Balaban J connectivity index is 1.44. The third-order valence-corrected chi connectivity index (χ3v) is 6.79. The van der Waals surface area contributed by atoms with Crippen molar-refractivity contribution in [2.75, 3.05) is 0 Å². The summed E-state index contributed by atoms with van der Waals surface area (Å²) in [6, 6.07) is 8.02. The van der Waals surface area contributed by atoms with Gasteiger partial charge in [-0.2, -0.15) is 9.78 Å². The van der Waals surface area contributed by atoms with Gasteiger partial charge in [0.25, 0.3) is 5.56 Å². The second-order valence-corrected chi connectivity index (χ2v) is 8.72. The van der Waals surface area contributed by atoms with Crippen molar-refractivity contribution < 1.29 is 14.3 Å². The summed E-state index contributed by atoms with van der Waals surface area (Å²) >= 11 is 7.63. The number of furan rings is 1. The number of aromatic carboxylic acids is 1. The third-order valence-electron chi connectivity index (χ3n) is 5.28. The van der Waals surface area contributed by atoms with Crippen LogP contribution in [0.4, 0.5) is 0 Å². The predicted octanol–water partition coefficient (Wildman–Crippen LogP) is 4.83. The normalized spacial score (nSPS) is 13.7. The third kappa shape index (κ3) is 3.58. The molecule has 1 aromatic carbocycles. The minimum absolute atomic E-state index is 0.0247. The Morgan fingerprint density at radius 3 is 2.90 bits per heavy atom. The quantitative estimate of drug-likeness (QED) is 0.446. The number of nitrogens with zero attached hydrogens (tertiary/aromatic N) is 3. The molecule has 0 spiro atoms. The number of rotatable bonds is 4. The van der Waals surface area contributed by atoms with Gasteiger partial charge in [0.05, 0.1) is 22.2 Å². The van der Waals surface area contributed by atoms with Crippen LogP contribution >= 0.6 is 22.9 Å². The lowest BCUT2D eigenvalue weighted by Gasteiger charge is -2.09. The van der Waals surface area contributed by atoms with E-state index in [1.54, 1.807) is 29.5 Å². The van der Waals surface area contributed by atoms with Gasteiger partial charge in [-0.3, -0.25) is 4.79 Å². The number of hydrogen-bond acceptors (Lipinski definition) is 6. The first-order valence-corrected chi connectivity index (χ1v) is 10.9. The van der Waals surface area contributed by atoms with E-state index in [4.69, 9.17) is 21.1 Å². The predicted molar refractivity (Wildman–Crippen MR) is 120 cm³/mol. The number of fused-ring (bicyclic) bond motifs is 3. The smallest absolute Gasteiger partial charge is 0.337 e. The van der Waals surface area contributed by atoms with E-state index >= 15 is 0 Å². The van der Waals surface area contributed by atoms with Crippen LogP contribution in [0.2, 0.25) is 5.02 Å². The molecule has 0 radical (unpaired) electrons. The van der Waals surface area contributed by atoms with Crippen LogP contribution in [0.1, 0.15) is 39.4 Å². The molecule has 0 unspecified atom stereocenters. The summed E-state index contributed by atoms with van der Waals surface area (Å²) in [6.07, 6.45) is 7.03. The zero-order valence-corrected chi connectivity index (χ0v) is 17.7. The Morgan fingerprint density at radius 2 is 2.10 bits per heavy atom. The Bertz CT molecular complexity index is 1420. The van der Waals surface area contributed by atoms with Crippen molar-refractivity contribution in [1.82, 2.24) is 9.66 Å². The van der Waals surface area contributed by atoms with Crippen LogP contribution in [-0.4, -0.2) is 27.0 Å². The van der Waals surface area contributed by atoms with E-state index in [1.165, 1.54) is 34.2 Å². The van der Waals surface area contributed by atoms with Gasteiger partial charge < -0.3 is 9.52 Å². The average Bonchev–Trinajstić information content (AvgIpc) is 3.38. The molecule has 4 aromatic rings. The first kappa shape index (κ1) is 19.7. The summed E-state index contributed by atoms with van der Waals surface area (Å²) in [5.41, 5.74) is 1.61. The van der Waals surface area contributed by atoms with Crippen molar-refractivity contribution in [3.05, 3.63) is 73.8 Å². The van der Waals surface area contributed by atoms with Crippen molar-refractivity contribution in [2.24, 2.45) is 5.10 Å². The monoisotopic (exact) mass is 453 g/mol. The van der Waals surface area contributed by atoms with Gasteiger partial charge in [0.15, 0.2) is 0 Å². The highest BCUT2D eigenvalue weighted by Gasteiger charge is 2.20. The molecule has 3 aromatic heterocycles. The SMILES string of the molecule is O=C(O)c1ccc(-c2ccc(/C=N\n3cnc4sc5c(c4c3=O)CCCC5)o2)cc1Cl. The van der Waals surface area contributed by atoms with Crippen LogP contribution in [0.15, 0.2) is 51.0 Å². The largest absolute Gasteiger partial charge is 0.478 e. The van der Waals surface area contributed by atoms with E-state index in [9.17, 15) is 9.59 Å². The molecule has 9 heteroatoms. The fraction of sp³-hybridized carbons (Fsp3) is 0.182.